The molecule has 25 heavy (non-hydrogen) atoms. The first-order chi connectivity index (χ1) is 12.0. The van der Waals surface area contributed by atoms with Crippen LogP contribution in [-0.2, 0) is 16.6 Å². The maximum Gasteiger partial charge on any atom is 0.243 e. The molecule has 2 aromatic rings. The van der Waals surface area contributed by atoms with Crippen LogP contribution in [0.5, 0.6) is 0 Å². The smallest absolute Gasteiger partial charge is 0.243 e. The monoisotopic (exact) mass is 383 g/mol. The van der Waals surface area contributed by atoms with E-state index in [4.69, 9.17) is 11.6 Å². The van der Waals surface area contributed by atoms with Crippen LogP contribution in [0.15, 0.2) is 47.6 Å². The maximum absolute atomic E-state index is 13.0. The van der Waals surface area contributed by atoms with Gasteiger partial charge in [-0.15, -0.1) is 0 Å². The van der Waals surface area contributed by atoms with Gasteiger partial charge in [0, 0.05) is 38.6 Å². The van der Waals surface area contributed by atoms with Crippen LogP contribution in [0.3, 0.4) is 0 Å². The molecule has 1 aliphatic heterocycles. The summed E-state index contributed by atoms with van der Waals surface area (Å²) >= 11 is 6.15. The molecule has 0 bridgehead atoms. The minimum absolute atomic E-state index is 0.125. The highest BCUT2D eigenvalue weighted by Gasteiger charge is 2.27. The van der Waals surface area contributed by atoms with Gasteiger partial charge in [0.05, 0.1) is 9.92 Å². The number of benzene rings is 1. The summed E-state index contributed by atoms with van der Waals surface area (Å²) in [7, 11) is -3.60. The number of rotatable bonds is 4. The summed E-state index contributed by atoms with van der Waals surface area (Å²) in [5.74, 6) is -0.449. The Labute approximate surface area is 152 Å². The molecule has 1 aromatic carbocycles. The zero-order valence-electron chi connectivity index (χ0n) is 13.6. The Kier molecular flexibility index (Phi) is 5.68. The zero-order valence-corrected chi connectivity index (χ0v) is 15.2. The molecule has 3 rings (SSSR count). The lowest BCUT2D eigenvalue weighted by molar-refractivity contribution is 0.278. The number of sulfonamides is 1. The molecule has 0 saturated carbocycles. The van der Waals surface area contributed by atoms with Crippen LogP contribution < -0.4 is 0 Å². The van der Waals surface area contributed by atoms with Crippen LogP contribution in [0.1, 0.15) is 12.0 Å². The maximum atomic E-state index is 13.0. The molecule has 0 aliphatic carbocycles. The third-order valence-corrected chi connectivity index (χ3v) is 6.50. The number of nitrogens with zero attached hydrogens (tertiary/aromatic N) is 3. The summed E-state index contributed by atoms with van der Waals surface area (Å²) in [5.41, 5.74) is 0.978. The second kappa shape index (κ2) is 7.78. The van der Waals surface area contributed by atoms with E-state index in [-0.39, 0.29) is 4.90 Å². The number of pyridine rings is 1. The predicted octanol–water partition coefficient (Wildman–Crippen LogP) is 2.77. The lowest BCUT2D eigenvalue weighted by atomic mass is 10.2. The standard InChI is InChI=1S/C17H19ClFN3O2S/c18-17-12-20-7-6-14(17)13-21-8-1-9-22(11-10-21)25(23,24)16-4-2-15(19)3-5-16/h2-7,12H,1,8-11,13H2. The second-order valence-electron chi connectivity index (χ2n) is 5.95. The highest BCUT2D eigenvalue weighted by Crippen LogP contribution is 2.20. The molecule has 1 aromatic heterocycles. The first kappa shape index (κ1) is 18.3. The summed E-state index contributed by atoms with van der Waals surface area (Å²) in [6, 6.07) is 6.83. The Morgan fingerprint density at radius 2 is 1.84 bits per heavy atom. The van der Waals surface area contributed by atoms with Crippen LogP contribution in [0.4, 0.5) is 4.39 Å². The number of aromatic nitrogens is 1. The Hall–Kier alpha value is -1.54. The van der Waals surface area contributed by atoms with E-state index in [9.17, 15) is 12.8 Å². The fourth-order valence-electron chi connectivity index (χ4n) is 2.87. The highest BCUT2D eigenvalue weighted by molar-refractivity contribution is 7.89. The van der Waals surface area contributed by atoms with Crippen LogP contribution in [0.25, 0.3) is 0 Å². The average Bonchev–Trinajstić information content (AvgIpc) is 2.83. The molecule has 1 aliphatic rings. The Morgan fingerprint density at radius 1 is 1.08 bits per heavy atom. The van der Waals surface area contributed by atoms with Crippen molar-refractivity contribution in [2.24, 2.45) is 0 Å². The van der Waals surface area contributed by atoms with Gasteiger partial charge in [-0.3, -0.25) is 9.88 Å². The largest absolute Gasteiger partial charge is 0.298 e. The molecule has 0 amide bonds. The normalized spacial score (nSPS) is 17.4. The molecule has 5 nitrogen and oxygen atoms in total. The molecular weight excluding hydrogens is 365 g/mol. The summed E-state index contributed by atoms with van der Waals surface area (Å²) in [4.78, 5) is 6.28. The van der Waals surface area contributed by atoms with Gasteiger partial charge in [-0.25, -0.2) is 12.8 Å². The van der Waals surface area contributed by atoms with Crippen LogP contribution in [0, 0.1) is 5.82 Å². The van der Waals surface area contributed by atoms with Gasteiger partial charge < -0.3 is 0 Å². The molecular formula is C17H19ClFN3O2S. The second-order valence-corrected chi connectivity index (χ2v) is 8.30. The molecule has 0 N–H and O–H groups in total. The third-order valence-electron chi connectivity index (χ3n) is 4.25. The average molecular weight is 384 g/mol. The topological polar surface area (TPSA) is 53.5 Å². The number of hydrogen-bond donors (Lipinski definition) is 0. The predicted molar refractivity (Wildman–Crippen MR) is 94.3 cm³/mol. The van der Waals surface area contributed by atoms with Crippen molar-refractivity contribution in [2.45, 2.75) is 17.9 Å². The van der Waals surface area contributed by atoms with Crippen molar-refractivity contribution in [1.82, 2.24) is 14.2 Å². The Morgan fingerprint density at radius 3 is 2.56 bits per heavy atom. The Bertz CT molecular complexity index is 830. The summed E-state index contributed by atoms with van der Waals surface area (Å²) in [6.45, 7) is 2.89. The highest BCUT2D eigenvalue weighted by atomic mass is 35.5. The van der Waals surface area contributed by atoms with E-state index in [1.807, 2.05) is 6.07 Å². The van der Waals surface area contributed by atoms with Gasteiger partial charge in [0.1, 0.15) is 5.82 Å². The fourth-order valence-corrected chi connectivity index (χ4v) is 4.52. The van der Waals surface area contributed by atoms with Gasteiger partial charge >= 0.3 is 0 Å². The lowest BCUT2D eigenvalue weighted by Gasteiger charge is -2.22. The molecule has 0 radical (unpaired) electrons. The van der Waals surface area contributed by atoms with E-state index >= 15 is 0 Å². The van der Waals surface area contributed by atoms with Crippen molar-refractivity contribution in [2.75, 3.05) is 26.2 Å². The molecule has 134 valence electrons. The summed E-state index contributed by atoms with van der Waals surface area (Å²) in [6.07, 6.45) is 4.04. The molecule has 0 unspecified atom stereocenters. The SMILES string of the molecule is O=S(=O)(c1ccc(F)cc1)N1CCCN(Cc2ccncc2Cl)CC1. The summed E-state index contributed by atoms with van der Waals surface area (Å²) < 4.78 is 40.0. The van der Waals surface area contributed by atoms with E-state index in [2.05, 4.69) is 9.88 Å². The molecule has 0 atom stereocenters. The Balaban J connectivity index is 1.69. The minimum Gasteiger partial charge on any atom is -0.298 e. The lowest BCUT2D eigenvalue weighted by Crippen LogP contribution is -2.35. The van der Waals surface area contributed by atoms with Gasteiger partial charge in [-0.05, 0) is 48.9 Å². The van der Waals surface area contributed by atoms with Crippen molar-refractivity contribution < 1.29 is 12.8 Å². The van der Waals surface area contributed by atoms with Gasteiger partial charge in [0.2, 0.25) is 10.0 Å². The van der Waals surface area contributed by atoms with Crippen molar-refractivity contribution in [3.8, 4) is 0 Å². The van der Waals surface area contributed by atoms with E-state index in [1.54, 1.807) is 12.4 Å². The van der Waals surface area contributed by atoms with E-state index in [0.717, 1.165) is 18.5 Å². The van der Waals surface area contributed by atoms with Crippen molar-refractivity contribution >= 4 is 21.6 Å². The van der Waals surface area contributed by atoms with E-state index < -0.39 is 15.8 Å². The first-order valence-electron chi connectivity index (χ1n) is 8.03. The number of halogens is 2. The first-order valence-corrected chi connectivity index (χ1v) is 9.85. The van der Waals surface area contributed by atoms with E-state index in [1.165, 1.54) is 28.6 Å². The molecule has 1 saturated heterocycles. The third kappa shape index (κ3) is 4.36. The van der Waals surface area contributed by atoms with Crippen molar-refractivity contribution in [3.63, 3.8) is 0 Å². The van der Waals surface area contributed by atoms with Crippen molar-refractivity contribution in [3.05, 3.63) is 59.1 Å². The molecule has 8 heteroatoms. The minimum atomic E-state index is -3.60. The van der Waals surface area contributed by atoms with E-state index in [0.29, 0.717) is 31.2 Å². The molecule has 2 heterocycles. The zero-order chi connectivity index (χ0) is 17.9. The van der Waals surface area contributed by atoms with Crippen LogP contribution in [0.2, 0.25) is 5.02 Å². The number of hydrogen-bond acceptors (Lipinski definition) is 4. The molecule has 1 fully saturated rings. The van der Waals surface area contributed by atoms with Crippen LogP contribution >= 0.6 is 11.6 Å². The molecule has 0 spiro atoms. The van der Waals surface area contributed by atoms with Crippen molar-refractivity contribution in [1.29, 1.82) is 0 Å². The summed E-state index contributed by atoms with van der Waals surface area (Å²) in [5, 5.41) is 0.613. The van der Waals surface area contributed by atoms with Gasteiger partial charge in [-0.2, -0.15) is 4.31 Å². The fraction of sp³-hybridized carbons (Fsp3) is 0.353. The van der Waals surface area contributed by atoms with Gasteiger partial charge in [0.15, 0.2) is 0 Å². The van der Waals surface area contributed by atoms with Crippen LogP contribution in [-0.4, -0.2) is 48.8 Å². The quantitative estimate of drug-likeness (QED) is 0.814. The van der Waals surface area contributed by atoms with Gasteiger partial charge in [0.25, 0.3) is 0 Å². The van der Waals surface area contributed by atoms with Gasteiger partial charge in [-0.1, -0.05) is 11.6 Å².